The van der Waals surface area contributed by atoms with Gasteiger partial charge in [0, 0.05) is 23.9 Å². The van der Waals surface area contributed by atoms with Gasteiger partial charge in [-0.3, -0.25) is 4.68 Å². The molecule has 0 atom stereocenters. The van der Waals surface area contributed by atoms with E-state index in [9.17, 15) is 0 Å². The van der Waals surface area contributed by atoms with E-state index in [1.54, 1.807) is 17.1 Å². The van der Waals surface area contributed by atoms with E-state index < -0.39 is 0 Å². The molecule has 0 radical (unpaired) electrons. The van der Waals surface area contributed by atoms with Crippen molar-refractivity contribution in [1.82, 2.24) is 24.7 Å². The Morgan fingerprint density at radius 2 is 2.25 bits per heavy atom. The van der Waals surface area contributed by atoms with Crippen LogP contribution in [0, 0.1) is 0 Å². The molecule has 3 heterocycles. The summed E-state index contributed by atoms with van der Waals surface area (Å²) in [7, 11) is 1.88. The van der Waals surface area contributed by atoms with Gasteiger partial charge >= 0.3 is 0 Å². The topological polar surface area (TPSA) is 59.4 Å². The van der Waals surface area contributed by atoms with Crippen LogP contribution in [-0.2, 0) is 7.05 Å². The molecule has 0 unspecified atom stereocenters. The number of hydrogen-bond donors (Lipinski definition) is 1. The summed E-state index contributed by atoms with van der Waals surface area (Å²) in [6.07, 6.45) is 5.41. The van der Waals surface area contributed by atoms with E-state index in [0.717, 1.165) is 21.4 Å². The second-order valence-corrected chi connectivity index (χ2v) is 4.43. The zero-order chi connectivity index (χ0) is 11.1. The van der Waals surface area contributed by atoms with E-state index in [4.69, 9.17) is 0 Å². The van der Waals surface area contributed by atoms with Crippen molar-refractivity contribution in [2.45, 2.75) is 0 Å². The summed E-state index contributed by atoms with van der Waals surface area (Å²) >= 11 is 3.38. The summed E-state index contributed by atoms with van der Waals surface area (Å²) in [6.45, 7) is 0. The molecule has 80 valence electrons. The largest absolute Gasteiger partial charge is 0.336 e. The van der Waals surface area contributed by atoms with Crippen molar-refractivity contribution < 1.29 is 0 Å². The predicted octanol–water partition coefficient (Wildman–Crippen LogP) is 2.12. The van der Waals surface area contributed by atoms with Gasteiger partial charge in [0.2, 0.25) is 0 Å². The van der Waals surface area contributed by atoms with Gasteiger partial charge < -0.3 is 4.98 Å². The molecular formula is C10H8BrN5. The smallest absolute Gasteiger partial charge is 0.178 e. The van der Waals surface area contributed by atoms with Crippen LogP contribution in [0.1, 0.15) is 0 Å². The fourth-order valence-electron chi connectivity index (χ4n) is 1.55. The zero-order valence-corrected chi connectivity index (χ0v) is 10.1. The summed E-state index contributed by atoms with van der Waals surface area (Å²) in [5.74, 6) is 0.786. The van der Waals surface area contributed by atoms with E-state index in [1.807, 2.05) is 19.3 Å². The number of rotatable bonds is 1. The van der Waals surface area contributed by atoms with Crippen LogP contribution in [-0.4, -0.2) is 24.7 Å². The first-order valence-electron chi connectivity index (χ1n) is 4.72. The number of H-pyrrole nitrogens is 1. The number of nitrogens with one attached hydrogen (secondary N) is 1. The molecule has 1 N–H and O–H groups in total. The standard InChI is InChI=1S/C10H8BrN5/c1-16-5-6(3-13-16)9-14-8-2-7(11)4-12-10(8)15-9/h2-5H,1H3,(H,12,14,15). The Morgan fingerprint density at radius 1 is 1.38 bits per heavy atom. The van der Waals surface area contributed by atoms with E-state index >= 15 is 0 Å². The molecule has 5 nitrogen and oxygen atoms in total. The van der Waals surface area contributed by atoms with Gasteiger partial charge in [-0.25, -0.2) is 9.97 Å². The maximum Gasteiger partial charge on any atom is 0.178 e. The Labute approximate surface area is 99.7 Å². The number of aromatic nitrogens is 5. The van der Waals surface area contributed by atoms with Gasteiger partial charge in [0.05, 0.1) is 17.3 Å². The quantitative estimate of drug-likeness (QED) is 0.741. The molecule has 0 saturated heterocycles. The van der Waals surface area contributed by atoms with Crippen molar-refractivity contribution in [3.05, 3.63) is 29.1 Å². The lowest BCUT2D eigenvalue weighted by Gasteiger charge is -1.87. The average Bonchev–Trinajstić information content (AvgIpc) is 2.83. The zero-order valence-electron chi connectivity index (χ0n) is 8.48. The number of pyridine rings is 1. The highest BCUT2D eigenvalue weighted by molar-refractivity contribution is 9.10. The third-order valence-electron chi connectivity index (χ3n) is 2.28. The molecular weight excluding hydrogens is 270 g/mol. The van der Waals surface area contributed by atoms with E-state index in [0.29, 0.717) is 5.65 Å². The second kappa shape index (κ2) is 3.41. The SMILES string of the molecule is Cn1cc(-c2nc3ncc(Br)cc3[nH]2)cn1. The summed E-state index contributed by atoms with van der Waals surface area (Å²) in [6, 6.07) is 1.95. The Balaban J connectivity index is 2.18. The fourth-order valence-corrected chi connectivity index (χ4v) is 1.89. The number of fused-ring (bicyclic) bond motifs is 1. The molecule has 16 heavy (non-hydrogen) atoms. The first kappa shape index (κ1) is 9.53. The van der Waals surface area contributed by atoms with Gasteiger partial charge in [0.1, 0.15) is 5.82 Å². The number of aryl methyl sites for hydroxylation is 1. The van der Waals surface area contributed by atoms with Crippen LogP contribution in [0.5, 0.6) is 0 Å². The molecule has 3 aromatic heterocycles. The Hall–Kier alpha value is -1.69. The first-order chi connectivity index (χ1) is 7.72. The molecule has 0 bridgehead atoms. The monoisotopic (exact) mass is 277 g/mol. The van der Waals surface area contributed by atoms with Gasteiger partial charge in [0.25, 0.3) is 0 Å². The second-order valence-electron chi connectivity index (χ2n) is 3.51. The maximum absolute atomic E-state index is 4.40. The van der Waals surface area contributed by atoms with Crippen LogP contribution in [0.4, 0.5) is 0 Å². The molecule has 0 amide bonds. The van der Waals surface area contributed by atoms with Gasteiger partial charge in [0.15, 0.2) is 5.65 Å². The lowest BCUT2D eigenvalue weighted by Crippen LogP contribution is -1.84. The van der Waals surface area contributed by atoms with Crippen LogP contribution in [0.15, 0.2) is 29.1 Å². The van der Waals surface area contributed by atoms with Crippen molar-refractivity contribution in [1.29, 1.82) is 0 Å². The number of nitrogens with zero attached hydrogens (tertiary/aromatic N) is 4. The Morgan fingerprint density at radius 3 is 3.00 bits per heavy atom. The highest BCUT2D eigenvalue weighted by Gasteiger charge is 2.07. The summed E-state index contributed by atoms with van der Waals surface area (Å²) in [4.78, 5) is 11.8. The minimum Gasteiger partial charge on any atom is -0.336 e. The van der Waals surface area contributed by atoms with Crippen LogP contribution in [0.2, 0.25) is 0 Å². The molecule has 0 aliphatic rings. The lowest BCUT2D eigenvalue weighted by atomic mass is 10.3. The average molecular weight is 278 g/mol. The molecule has 3 rings (SSSR count). The minimum atomic E-state index is 0.710. The van der Waals surface area contributed by atoms with Crippen molar-refractivity contribution in [2.75, 3.05) is 0 Å². The molecule has 0 aliphatic heterocycles. The van der Waals surface area contributed by atoms with Gasteiger partial charge in [-0.15, -0.1) is 0 Å². The minimum absolute atomic E-state index is 0.710. The van der Waals surface area contributed by atoms with E-state index in [1.165, 1.54) is 0 Å². The third-order valence-corrected chi connectivity index (χ3v) is 2.72. The van der Waals surface area contributed by atoms with Crippen molar-refractivity contribution in [2.24, 2.45) is 7.05 Å². The van der Waals surface area contributed by atoms with Crippen LogP contribution < -0.4 is 0 Å². The molecule has 6 heteroatoms. The third kappa shape index (κ3) is 1.51. The maximum atomic E-state index is 4.40. The highest BCUT2D eigenvalue weighted by Crippen LogP contribution is 2.20. The number of halogens is 1. The first-order valence-corrected chi connectivity index (χ1v) is 5.52. The Bertz CT molecular complexity index is 654. The number of imidazole rings is 1. The summed E-state index contributed by atoms with van der Waals surface area (Å²) in [5.41, 5.74) is 2.58. The summed E-state index contributed by atoms with van der Waals surface area (Å²) in [5, 5.41) is 4.11. The van der Waals surface area contributed by atoms with Crippen molar-refractivity contribution in [3.8, 4) is 11.4 Å². The summed E-state index contributed by atoms with van der Waals surface area (Å²) < 4.78 is 2.67. The normalized spacial score (nSPS) is 11.1. The van der Waals surface area contributed by atoms with Crippen LogP contribution >= 0.6 is 15.9 Å². The van der Waals surface area contributed by atoms with Crippen LogP contribution in [0.3, 0.4) is 0 Å². The van der Waals surface area contributed by atoms with Gasteiger partial charge in [-0.05, 0) is 22.0 Å². The molecule has 3 aromatic rings. The van der Waals surface area contributed by atoms with Gasteiger partial charge in [-0.1, -0.05) is 0 Å². The molecule has 0 spiro atoms. The molecule has 0 aliphatic carbocycles. The molecule has 0 aromatic carbocycles. The fraction of sp³-hybridized carbons (Fsp3) is 0.100. The Kier molecular flexibility index (Phi) is 2.03. The van der Waals surface area contributed by atoms with Gasteiger partial charge in [-0.2, -0.15) is 5.10 Å². The number of hydrogen-bond acceptors (Lipinski definition) is 3. The highest BCUT2D eigenvalue weighted by atomic mass is 79.9. The number of aromatic amines is 1. The predicted molar refractivity (Wildman–Crippen MR) is 63.8 cm³/mol. The van der Waals surface area contributed by atoms with E-state index in [2.05, 4.69) is 36.0 Å². The molecule has 0 saturated carbocycles. The van der Waals surface area contributed by atoms with E-state index in [-0.39, 0.29) is 0 Å². The van der Waals surface area contributed by atoms with Crippen molar-refractivity contribution >= 4 is 27.1 Å². The van der Waals surface area contributed by atoms with Crippen molar-refractivity contribution in [3.63, 3.8) is 0 Å². The van der Waals surface area contributed by atoms with Crippen LogP contribution in [0.25, 0.3) is 22.6 Å². The lowest BCUT2D eigenvalue weighted by molar-refractivity contribution is 0.768. The molecule has 0 fully saturated rings.